The minimum Gasteiger partial charge on any atom is -0.497 e. The van der Waals surface area contributed by atoms with Crippen LogP contribution in [-0.2, 0) is 6.54 Å². The Hall–Kier alpha value is -2.87. The summed E-state index contributed by atoms with van der Waals surface area (Å²) in [5.41, 5.74) is 3.45. The van der Waals surface area contributed by atoms with Crippen molar-refractivity contribution in [3.8, 4) is 17.1 Å². The van der Waals surface area contributed by atoms with Crippen molar-refractivity contribution in [2.45, 2.75) is 20.4 Å². The van der Waals surface area contributed by atoms with Crippen molar-refractivity contribution < 1.29 is 9.13 Å². The van der Waals surface area contributed by atoms with Crippen molar-refractivity contribution in [1.29, 1.82) is 0 Å². The van der Waals surface area contributed by atoms with Gasteiger partial charge in [-0.2, -0.15) is 0 Å². The molecule has 0 saturated heterocycles. The maximum Gasteiger partial charge on any atom is 0.164 e. The second-order valence-electron chi connectivity index (χ2n) is 6.40. The van der Waals surface area contributed by atoms with Gasteiger partial charge in [-0.15, -0.1) is 0 Å². The van der Waals surface area contributed by atoms with Crippen molar-refractivity contribution in [1.82, 2.24) is 24.5 Å². The number of benzene rings is 1. The fraction of sp³-hybridized carbons (Fsp3) is 0.200. The zero-order valence-electron chi connectivity index (χ0n) is 15.6. The maximum atomic E-state index is 14.6. The van der Waals surface area contributed by atoms with Crippen LogP contribution in [0, 0.1) is 19.7 Å². The number of methoxy groups -OCH3 is 1. The molecule has 3 aromatic heterocycles. The molecule has 142 valence electrons. The summed E-state index contributed by atoms with van der Waals surface area (Å²) in [5, 5.41) is 0. The molecular weight excluding hydrogens is 425 g/mol. The summed E-state index contributed by atoms with van der Waals surface area (Å²) in [6.45, 7) is 3.99. The minimum absolute atomic E-state index is 0.268. The molecule has 4 rings (SSSR count). The van der Waals surface area contributed by atoms with Crippen molar-refractivity contribution in [3.05, 3.63) is 64.0 Å². The number of imidazole rings is 1. The zero-order valence-corrected chi connectivity index (χ0v) is 17.2. The van der Waals surface area contributed by atoms with Crippen LogP contribution in [0.5, 0.6) is 5.75 Å². The first-order chi connectivity index (χ1) is 13.5. The van der Waals surface area contributed by atoms with Gasteiger partial charge in [0.15, 0.2) is 5.65 Å². The molecule has 0 spiro atoms. The van der Waals surface area contributed by atoms with E-state index >= 15 is 0 Å². The number of hydrogen-bond acceptors (Lipinski definition) is 5. The fourth-order valence-corrected chi connectivity index (χ4v) is 3.50. The van der Waals surface area contributed by atoms with E-state index in [1.807, 2.05) is 24.5 Å². The van der Waals surface area contributed by atoms with Crippen LogP contribution >= 0.6 is 15.9 Å². The van der Waals surface area contributed by atoms with Gasteiger partial charge in [0.1, 0.15) is 28.7 Å². The largest absolute Gasteiger partial charge is 0.497 e. The molecule has 0 bridgehead atoms. The van der Waals surface area contributed by atoms with E-state index in [0.29, 0.717) is 34.1 Å². The molecule has 0 saturated carbocycles. The monoisotopic (exact) mass is 441 g/mol. The van der Waals surface area contributed by atoms with Gasteiger partial charge in [0.25, 0.3) is 0 Å². The molecule has 8 heteroatoms. The number of nitrogens with zero attached hydrogens (tertiary/aromatic N) is 5. The van der Waals surface area contributed by atoms with Gasteiger partial charge in [0, 0.05) is 34.1 Å². The summed E-state index contributed by atoms with van der Waals surface area (Å²) in [6.07, 6.45) is 3.43. The quantitative estimate of drug-likeness (QED) is 0.467. The van der Waals surface area contributed by atoms with Gasteiger partial charge in [0.05, 0.1) is 19.3 Å². The Kier molecular flexibility index (Phi) is 4.80. The Morgan fingerprint density at radius 3 is 2.64 bits per heavy atom. The van der Waals surface area contributed by atoms with Crippen LogP contribution in [0.4, 0.5) is 4.39 Å². The summed E-state index contributed by atoms with van der Waals surface area (Å²) in [6, 6.07) is 6.75. The van der Waals surface area contributed by atoms with E-state index in [4.69, 9.17) is 9.72 Å². The van der Waals surface area contributed by atoms with Crippen LogP contribution in [0.25, 0.3) is 22.6 Å². The third-order valence-corrected chi connectivity index (χ3v) is 4.87. The molecule has 4 aromatic rings. The van der Waals surface area contributed by atoms with Gasteiger partial charge < -0.3 is 9.30 Å². The lowest BCUT2D eigenvalue weighted by Crippen LogP contribution is -2.06. The molecule has 0 fully saturated rings. The number of halogens is 2. The maximum absolute atomic E-state index is 14.6. The number of aryl methyl sites for hydroxylation is 2. The Labute approximate surface area is 169 Å². The molecule has 0 amide bonds. The van der Waals surface area contributed by atoms with Gasteiger partial charge in [-0.1, -0.05) is 6.07 Å². The summed E-state index contributed by atoms with van der Waals surface area (Å²) in [7, 11) is 1.51. The summed E-state index contributed by atoms with van der Waals surface area (Å²) in [5.74, 6) is 1.42. The van der Waals surface area contributed by atoms with Crippen molar-refractivity contribution in [2.75, 3.05) is 7.11 Å². The van der Waals surface area contributed by atoms with Crippen LogP contribution in [-0.4, -0.2) is 31.6 Å². The number of pyridine rings is 1. The van der Waals surface area contributed by atoms with Gasteiger partial charge in [-0.3, -0.25) is 4.98 Å². The molecule has 0 radical (unpaired) electrons. The molecule has 6 nitrogen and oxygen atoms in total. The average Bonchev–Trinajstić information content (AvgIpc) is 3.02. The summed E-state index contributed by atoms with van der Waals surface area (Å²) in [4.78, 5) is 18.0. The highest BCUT2D eigenvalue weighted by atomic mass is 79.9. The van der Waals surface area contributed by atoms with Crippen LogP contribution in [0.1, 0.15) is 17.1 Å². The number of fused-ring (bicyclic) bond motifs is 1. The molecule has 0 aliphatic heterocycles. The van der Waals surface area contributed by atoms with Crippen molar-refractivity contribution in [2.24, 2.45) is 0 Å². The van der Waals surface area contributed by atoms with Gasteiger partial charge in [0.2, 0.25) is 0 Å². The Balaban J connectivity index is 1.93. The number of ether oxygens (including phenoxy) is 1. The molecule has 3 heterocycles. The van der Waals surface area contributed by atoms with Gasteiger partial charge in [-0.05, 0) is 41.9 Å². The molecule has 0 aliphatic rings. The lowest BCUT2D eigenvalue weighted by Gasteiger charge is -2.11. The van der Waals surface area contributed by atoms with E-state index < -0.39 is 0 Å². The van der Waals surface area contributed by atoms with Gasteiger partial charge >= 0.3 is 0 Å². The predicted molar refractivity (Wildman–Crippen MR) is 108 cm³/mol. The average molecular weight is 442 g/mol. The normalized spacial score (nSPS) is 11.2. The van der Waals surface area contributed by atoms with Gasteiger partial charge in [-0.25, -0.2) is 19.3 Å². The van der Waals surface area contributed by atoms with Crippen molar-refractivity contribution >= 4 is 27.1 Å². The Bertz CT molecular complexity index is 1190. The first-order valence-electron chi connectivity index (χ1n) is 8.61. The Morgan fingerprint density at radius 1 is 1.11 bits per heavy atom. The highest BCUT2D eigenvalue weighted by Crippen LogP contribution is 2.28. The third-order valence-electron chi connectivity index (χ3n) is 4.43. The fourth-order valence-electron chi connectivity index (χ4n) is 3.13. The van der Waals surface area contributed by atoms with Crippen molar-refractivity contribution in [3.63, 3.8) is 0 Å². The molecule has 0 N–H and O–H groups in total. The molecule has 1 aromatic carbocycles. The number of aromatic nitrogens is 5. The van der Waals surface area contributed by atoms with E-state index in [9.17, 15) is 4.39 Å². The first kappa shape index (κ1) is 18.5. The van der Waals surface area contributed by atoms with E-state index in [1.54, 1.807) is 24.5 Å². The second-order valence-corrected chi connectivity index (χ2v) is 7.31. The predicted octanol–water partition coefficient (Wildman–Crippen LogP) is 4.46. The first-order valence-corrected chi connectivity index (χ1v) is 9.40. The highest BCUT2D eigenvalue weighted by Gasteiger charge is 2.19. The van der Waals surface area contributed by atoms with Crippen LogP contribution in [0.15, 0.2) is 41.1 Å². The number of rotatable bonds is 4. The molecule has 0 aliphatic carbocycles. The second kappa shape index (κ2) is 7.27. The smallest absolute Gasteiger partial charge is 0.164 e. The molecule has 0 atom stereocenters. The molecule has 28 heavy (non-hydrogen) atoms. The summed E-state index contributed by atoms with van der Waals surface area (Å²) < 4.78 is 22.4. The lowest BCUT2D eigenvalue weighted by atomic mass is 10.2. The topological polar surface area (TPSA) is 65.7 Å². The molecule has 0 unspecified atom stereocenters. The van der Waals surface area contributed by atoms with E-state index in [1.165, 1.54) is 13.2 Å². The lowest BCUT2D eigenvalue weighted by molar-refractivity contribution is 0.410. The zero-order chi connectivity index (χ0) is 19.8. The highest BCUT2D eigenvalue weighted by molar-refractivity contribution is 9.10. The SMILES string of the molecule is COc1ccc(Cn2c(-c3cncc(Br)c3)nc3c(C)nc(C)nc32)c(F)c1. The summed E-state index contributed by atoms with van der Waals surface area (Å²) >= 11 is 3.45. The van der Waals surface area contributed by atoms with Crippen LogP contribution in [0.3, 0.4) is 0 Å². The Morgan fingerprint density at radius 2 is 1.93 bits per heavy atom. The minimum atomic E-state index is -0.345. The van der Waals surface area contributed by atoms with E-state index in [2.05, 4.69) is 30.9 Å². The molecular formula is C20H17BrFN5O. The number of hydrogen-bond donors (Lipinski definition) is 0. The standard InChI is InChI=1S/C20H17BrFN5O/c1-11-18-20(25-12(2)24-11)27(10-13-4-5-16(28-3)7-17(13)22)19(26-18)14-6-15(21)9-23-8-14/h4-9H,10H2,1-3H3. The van der Waals surface area contributed by atoms with Crippen LogP contribution < -0.4 is 4.74 Å². The van der Waals surface area contributed by atoms with E-state index in [0.717, 1.165) is 15.7 Å². The van der Waals surface area contributed by atoms with Crippen LogP contribution in [0.2, 0.25) is 0 Å². The third kappa shape index (κ3) is 3.35. The van der Waals surface area contributed by atoms with E-state index in [-0.39, 0.29) is 12.4 Å².